The molecule has 0 saturated heterocycles. The van der Waals surface area contributed by atoms with Gasteiger partial charge in [-0.25, -0.2) is 8.78 Å². The van der Waals surface area contributed by atoms with E-state index in [0.717, 1.165) is 18.9 Å². The van der Waals surface area contributed by atoms with Gasteiger partial charge >= 0.3 is 0 Å². The van der Waals surface area contributed by atoms with Crippen LogP contribution in [0.25, 0.3) is 0 Å². The monoisotopic (exact) mass is 295 g/mol. The van der Waals surface area contributed by atoms with Crippen molar-refractivity contribution in [2.75, 3.05) is 6.61 Å². The van der Waals surface area contributed by atoms with Gasteiger partial charge in [-0.1, -0.05) is 6.07 Å². The predicted molar refractivity (Wildman–Crippen MR) is 73.6 cm³/mol. The summed E-state index contributed by atoms with van der Waals surface area (Å²) >= 11 is 0. The van der Waals surface area contributed by atoms with Gasteiger partial charge in [0.2, 0.25) is 5.91 Å². The number of carbonyl (C=O) groups excluding carboxylic acids is 1. The fourth-order valence-electron chi connectivity index (χ4n) is 2.96. The Bertz CT molecular complexity index is 573. The lowest BCUT2D eigenvalue weighted by atomic mass is 9.96. The molecule has 3 atom stereocenters. The van der Waals surface area contributed by atoms with Gasteiger partial charge in [0.1, 0.15) is 0 Å². The third-order valence-corrected chi connectivity index (χ3v) is 4.71. The zero-order chi connectivity index (χ0) is 15.2. The summed E-state index contributed by atoms with van der Waals surface area (Å²) in [5.41, 5.74) is 0.101. The minimum absolute atomic E-state index is 0.0535. The summed E-state index contributed by atoms with van der Waals surface area (Å²) < 4.78 is 26.1. The van der Waals surface area contributed by atoms with Gasteiger partial charge in [-0.15, -0.1) is 0 Å². The predicted octanol–water partition coefficient (Wildman–Crippen LogP) is 2.35. The SMILES string of the molecule is CC(CO)(NC(=O)C1CC1c1ccc(F)c(F)c1)C1CC1. The van der Waals surface area contributed by atoms with Gasteiger partial charge in [0.05, 0.1) is 12.1 Å². The molecule has 0 aromatic heterocycles. The van der Waals surface area contributed by atoms with Crippen LogP contribution >= 0.6 is 0 Å². The summed E-state index contributed by atoms with van der Waals surface area (Å²) in [6.07, 6.45) is 2.69. The Morgan fingerprint density at radius 1 is 1.38 bits per heavy atom. The Balaban J connectivity index is 1.64. The Morgan fingerprint density at radius 2 is 2.10 bits per heavy atom. The second-order valence-corrected chi connectivity index (χ2v) is 6.46. The number of benzene rings is 1. The van der Waals surface area contributed by atoms with Gasteiger partial charge in [0, 0.05) is 5.92 Å². The lowest BCUT2D eigenvalue weighted by Gasteiger charge is -2.29. The summed E-state index contributed by atoms with van der Waals surface area (Å²) in [5.74, 6) is -1.78. The molecule has 2 aliphatic rings. The van der Waals surface area contributed by atoms with Gasteiger partial charge < -0.3 is 10.4 Å². The van der Waals surface area contributed by atoms with E-state index in [1.807, 2.05) is 6.92 Å². The van der Waals surface area contributed by atoms with E-state index in [2.05, 4.69) is 5.32 Å². The van der Waals surface area contributed by atoms with E-state index in [0.29, 0.717) is 17.9 Å². The fraction of sp³-hybridized carbons (Fsp3) is 0.562. The Kier molecular flexibility index (Phi) is 3.48. The number of halogens is 2. The van der Waals surface area contributed by atoms with Crippen LogP contribution in [-0.2, 0) is 4.79 Å². The molecule has 3 unspecified atom stereocenters. The van der Waals surface area contributed by atoms with Gasteiger partial charge in [0.15, 0.2) is 11.6 Å². The highest BCUT2D eigenvalue weighted by atomic mass is 19.2. The second-order valence-electron chi connectivity index (χ2n) is 6.46. The summed E-state index contributed by atoms with van der Waals surface area (Å²) in [5, 5.41) is 12.4. The average Bonchev–Trinajstić information content (AvgIpc) is 3.32. The van der Waals surface area contributed by atoms with Crippen molar-refractivity contribution in [2.24, 2.45) is 11.8 Å². The Labute approximate surface area is 122 Å². The van der Waals surface area contributed by atoms with Gasteiger partial charge in [-0.3, -0.25) is 4.79 Å². The van der Waals surface area contributed by atoms with Gasteiger partial charge in [0.25, 0.3) is 0 Å². The van der Waals surface area contributed by atoms with Crippen molar-refractivity contribution < 1.29 is 18.7 Å². The molecule has 3 rings (SSSR count). The van der Waals surface area contributed by atoms with Crippen LogP contribution in [0.2, 0.25) is 0 Å². The second kappa shape index (κ2) is 5.05. The number of rotatable bonds is 5. The van der Waals surface area contributed by atoms with E-state index >= 15 is 0 Å². The van der Waals surface area contributed by atoms with Crippen molar-refractivity contribution in [3.63, 3.8) is 0 Å². The first kappa shape index (κ1) is 14.4. The van der Waals surface area contributed by atoms with Gasteiger partial charge in [-0.2, -0.15) is 0 Å². The number of nitrogens with one attached hydrogen (secondary N) is 1. The topological polar surface area (TPSA) is 49.3 Å². The molecular formula is C16H19F2NO2. The molecule has 0 aliphatic heterocycles. The van der Waals surface area contributed by atoms with Crippen LogP contribution in [0.1, 0.15) is 37.7 Å². The summed E-state index contributed by atoms with van der Waals surface area (Å²) in [6, 6.07) is 3.79. The van der Waals surface area contributed by atoms with E-state index in [1.54, 1.807) is 0 Å². The highest BCUT2D eigenvalue weighted by Crippen LogP contribution is 2.48. The first-order valence-electron chi connectivity index (χ1n) is 7.32. The molecule has 1 aromatic rings. The average molecular weight is 295 g/mol. The van der Waals surface area contributed by atoms with E-state index in [4.69, 9.17) is 0 Å². The van der Waals surface area contributed by atoms with Crippen molar-refractivity contribution in [1.29, 1.82) is 0 Å². The number of amides is 1. The zero-order valence-electron chi connectivity index (χ0n) is 11.9. The van der Waals surface area contributed by atoms with Crippen molar-refractivity contribution in [3.05, 3.63) is 35.4 Å². The standard InChI is InChI=1S/C16H19F2NO2/c1-16(8-20,10-3-4-10)19-15(21)12-7-11(12)9-2-5-13(17)14(18)6-9/h2,5-6,10-12,20H,3-4,7-8H2,1H3,(H,19,21). The quantitative estimate of drug-likeness (QED) is 0.876. The van der Waals surface area contributed by atoms with E-state index in [1.165, 1.54) is 12.1 Å². The highest BCUT2D eigenvalue weighted by Gasteiger charge is 2.48. The maximum atomic E-state index is 13.2. The fourth-order valence-corrected chi connectivity index (χ4v) is 2.96. The van der Waals surface area contributed by atoms with Crippen molar-refractivity contribution in [1.82, 2.24) is 5.32 Å². The van der Waals surface area contributed by atoms with Crippen molar-refractivity contribution >= 4 is 5.91 Å². The van der Waals surface area contributed by atoms with E-state index < -0.39 is 17.2 Å². The molecule has 2 saturated carbocycles. The van der Waals surface area contributed by atoms with Crippen LogP contribution in [0.3, 0.4) is 0 Å². The van der Waals surface area contributed by atoms with Crippen LogP contribution < -0.4 is 5.32 Å². The molecule has 0 bridgehead atoms. The number of aliphatic hydroxyl groups excluding tert-OH is 1. The first-order valence-corrected chi connectivity index (χ1v) is 7.32. The third kappa shape index (κ3) is 2.79. The molecule has 0 spiro atoms. The third-order valence-electron chi connectivity index (χ3n) is 4.71. The summed E-state index contributed by atoms with van der Waals surface area (Å²) in [7, 11) is 0. The molecule has 3 nitrogen and oxygen atoms in total. The Hall–Kier alpha value is -1.49. The minimum Gasteiger partial charge on any atom is -0.394 e. The lowest BCUT2D eigenvalue weighted by Crippen LogP contribution is -2.51. The van der Waals surface area contributed by atoms with Crippen molar-refractivity contribution in [3.8, 4) is 0 Å². The molecule has 1 amide bonds. The molecule has 114 valence electrons. The normalized spacial score (nSPS) is 27.0. The number of hydrogen-bond acceptors (Lipinski definition) is 2. The zero-order valence-corrected chi connectivity index (χ0v) is 11.9. The minimum atomic E-state index is -0.878. The van der Waals surface area contributed by atoms with Crippen LogP contribution in [0.5, 0.6) is 0 Å². The maximum Gasteiger partial charge on any atom is 0.224 e. The molecule has 2 aliphatic carbocycles. The lowest BCUT2D eigenvalue weighted by molar-refractivity contribution is -0.125. The molecule has 0 heterocycles. The molecule has 2 N–H and O–H groups in total. The van der Waals surface area contributed by atoms with Crippen LogP contribution in [-0.4, -0.2) is 23.2 Å². The summed E-state index contributed by atoms with van der Waals surface area (Å²) in [4.78, 5) is 12.3. The van der Waals surface area contributed by atoms with Crippen LogP contribution in [0.15, 0.2) is 18.2 Å². The molecule has 1 aromatic carbocycles. The number of aliphatic hydroxyl groups is 1. The number of carbonyl (C=O) groups is 1. The van der Waals surface area contributed by atoms with E-state index in [-0.39, 0.29) is 24.3 Å². The van der Waals surface area contributed by atoms with E-state index in [9.17, 15) is 18.7 Å². The molecule has 5 heteroatoms. The smallest absolute Gasteiger partial charge is 0.224 e. The Morgan fingerprint density at radius 3 is 2.67 bits per heavy atom. The molecule has 21 heavy (non-hydrogen) atoms. The molecule has 0 radical (unpaired) electrons. The van der Waals surface area contributed by atoms with Gasteiger partial charge in [-0.05, 0) is 55.7 Å². The van der Waals surface area contributed by atoms with Crippen LogP contribution in [0, 0.1) is 23.5 Å². The highest BCUT2D eigenvalue weighted by molar-refractivity contribution is 5.83. The van der Waals surface area contributed by atoms with Crippen LogP contribution in [0.4, 0.5) is 8.78 Å². The molecule has 2 fully saturated rings. The summed E-state index contributed by atoms with van der Waals surface area (Å²) in [6.45, 7) is 1.78. The van der Waals surface area contributed by atoms with Crippen molar-refractivity contribution in [2.45, 2.75) is 37.6 Å². The largest absolute Gasteiger partial charge is 0.394 e. The maximum absolute atomic E-state index is 13.2. The first-order chi connectivity index (χ1) is 9.94. The number of hydrogen-bond donors (Lipinski definition) is 2. The molecular weight excluding hydrogens is 276 g/mol.